The van der Waals surface area contributed by atoms with Crippen molar-refractivity contribution < 1.29 is 38.8 Å². The number of phenols is 1. The molecular formula is C26H41N7O9. The van der Waals surface area contributed by atoms with Gasteiger partial charge in [-0.15, -0.1) is 0 Å². The molecule has 16 nitrogen and oxygen atoms in total. The van der Waals surface area contributed by atoms with E-state index in [0.29, 0.717) is 6.42 Å². The third-order valence-electron chi connectivity index (χ3n) is 5.92. The number of nitrogens with one attached hydrogen (secondary N) is 1. The monoisotopic (exact) mass is 595 g/mol. The minimum Gasteiger partial charge on any atom is -0.508 e. The lowest BCUT2D eigenvalue weighted by atomic mass is 9.88. The van der Waals surface area contributed by atoms with Gasteiger partial charge >= 0.3 is 23.4 Å². The molecule has 0 saturated carbocycles. The lowest BCUT2D eigenvalue weighted by Crippen LogP contribution is -2.70. The summed E-state index contributed by atoms with van der Waals surface area (Å²) >= 11 is 0. The minimum atomic E-state index is -2.97. The van der Waals surface area contributed by atoms with E-state index in [4.69, 9.17) is 26.7 Å². The molecule has 0 aliphatic heterocycles. The van der Waals surface area contributed by atoms with Gasteiger partial charge in [0.1, 0.15) is 17.4 Å². The fourth-order valence-corrected chi connectivity index (χ4v) is 3.88. The van der Waals surface area contributed by atoms with E-state index in [1.165, 1.54) is 58.9 Å². The van der Waals surface area contributed by atoms with Gasteiger partial charge in [0, 0.05) is 13.0 Å². The molecule has 0 radical (unpaired) electrons. The summed E-state index contributed by atoms with van der Waals surface area (Å²) in [6.45, 7) is 7.60. The average Bonchev–Trinajstić information content (AvgIpc) is 2.87. The lowest BCUT2D eigenvalue weighted by Gasteiger charge is -2.36. The summed E-state index contributed by atoms with van der Waals surface area (Å²) in [5.74, 6) is -6.16. The van der Waals surface area contributed by atoms with Crippen LogP contribution in [0.5, 0.6) is 5.75 Å². The van der Waals surface area contributed by atoms with Crippen molar-refractivity contribution in [3.05, 3.63) is 39.9 Å². The minimum absolute atomic E-state index is 0.116. The van der Waals surface area contributed by atoms with Crippen molar-refractivity contribution in [2.24, 2.45) is 28.1 Å². The number of amides is 2. The van der Waals surface area contributed by atoms with Crippen molar-refractivity contribution >= 4 is 29.7 Å². The highest BCUT2D eigenvalue weighted by atomic mass is 16.7. The van der Waals surface area contributed by atoms with Crippen LogP contribution < -0.4 is 22.5 Å². The molecule has 0 aliphatic rings. The molecule has 0 unspecified atom stereocenters. The largest absolute Gasteiger partial charge is 0.508 e. The number of hydrogen-bond acceptors (Lipinski definition) is 11. The zero-order valence-corrected chi connectivity index (χ0v) is 24.7. The zero-order chi connectivity index (χ0) is 32.4. The summed E-state index contributed by atoms with van der Waals surface area (Å²) in [5.41, 5.74) is 12.4. The second-order valence-corrected chi connectivity index (χ2v) is 10.9. The first-order chi connectivity index (χ1) is 19.4. The van der Waals surface area contributed by atoms with Gasteiger partial charge in [0.2, 0.25) is 5.91 Å². The zero-order valence-electron chi connectivity index (χ0n) is 24.7. The van der Waals surface area contributed by atoms with Crippen molar-refractivity contribution in [1.29, 1.82) is 0 Å². The van der Waals surface area contributed by atoms with Crippen molar-refractivity contribution in [1.82, 2.24) is 10.3 Å². The van der Waals surface area contributed by atoms with Crippen LogP contribution in [-0.2, 0) is 35.1 Å². The van der Waals surface area contributed by atoms with E-state index in [2.05, 4.69) is 10.3 Å². The van der Waals surface area contributed by atoms with Gasteiger partial charge in [0.25, 0.3) is 0 Å². The number of phenolic OH excluding ortho intramolecular Hbond substituents is 1. The highest BCUT2D eigenvalue weighted by Crippen LogP contribution is 2.30. The molecule has 0 aromatic heterocycles. The molecule has 16 heteroatoms. The maximum Gasteiger partial charge on any atom is 0.351 e. The van der Waals surface area contributed by atoms with Crippen molar-refractivity contribution in [3.8, 4) is 5.75 Å². The Bertz CT molecular complexity index is 1160. The van der Waals surface area contributed by atoms with Gasteiger partial charge in [0.05, 0.1) is 13.2 Å². The number of aliphatic imine (C=N–C) groups is 1. The van der Waals surface area contributed by atoms with Gasteiger partial charge in [0.15, 0.2) is 11.0 Å². The summed E-state index contributed by atoms with van der Waals surface area (Å²) in [6.07, 6.45) is -0.319. The van der Waals surface area contributed by atoms with Crippen LogP contribution in [0, 0.1) is 16.0 Å². The second kappa shape index (κ2) is 15.0. The molecular weight excluding hydrogens is 554 g/mol. The second-order valence-electron chi connectivity index (χ2n) is 10.9. The number of nitrogens with two attached hydrogens (primary N) is 3. The standard InChI is InChI=1S/C26H41N7O9/c1-15(2)19(31-20(35)18(27)8-7-13-30-24(28)29)21(36)32(33(39)40)26(22(37)41-6,23(38)42-25(3,4)5)14-16-9-11-17(34)12-10-16/h9-12,15,18-19,34H,7-8,13-14,27H2,1-6H3,(H,31,35)(H4,28,29,30)/t18-,19-,26-/m0/s1. The van der Waals surface area contributed by atoms with Crippen molar-refractivity contribution in [2.75, 3.05) is 13.7 Å². The number of rotatable bonds is 14. The third kappa shape index (κ3) is 9.57. The lowest BCUT2D eigenvalue weighted by molar-refractivity contribution is -0.647. The summed E-state index contributed by atoms with van der Waals surface area (Å²) in [7, 11) is 0.893. The number of nitro groups is 1. The predicted molar refractivity (Wildman–Crippen MR) is 151 cm³/mol. The van der Waals surface area contributed by atoms with Crippen LogP contribution in [0.3, 0.4) is 0 Å². The van der Waals surface area contributed by atoms with Crippen LogP contribution in [0.25, 0.3) is 0 Å². The van der Waals surface area contributed by atoms with E-state index < -0.39 is 64.3 Å². The van der Waals surface area contributed by atoms with Gasteiger partial charge in [-0.25, -0.2) is 19.7 Å². The van der Waals surface area contributed by atoms with Crippen LogP contribution in [0.1, 0.15) is 53.0 Å². The molecule has 0 fully saturated rings. The Balaban J connectivity index is 3.65. The van der Waals surface area contributed by atoms with E-state index in [1.54, 1.807) is 0 Å². The summed E-state index contributed by atoms with van der Waals surface area (Å²) < 4.78 is 10.2. The molecule has 42 heavy (non-hydrogen) atoms. The Morgan fingerprint density at radius 2 is 1.69 bits per heavy atom. The Labute approximate surface area is 243 Å². The molecule has 234 valence electrons. The number of methoxy groups -OCH3 is 1. The van der Waals surface area contributed by atoms with Crippen LogP contribution in [0.4, 0.5) is 0 Å². The number of carbonyl (C=O) groups is 4. The van der Waals surface area contributed by atoms with Crippen molar-refractivity contribution in [2.45, 2.75) is 77.1 Å². The Morgan fingerprint density at radius 1 is 1.12 bits per heavy atom. The van der Waals surface area contributed by atoms with E-state index in [1.807, 2.05) is 0 Å². The van der Waals surface area contributed by atoms with E-state index in [-0.39, 0.29) is 35.2 Å². The molecule has 1 aromatic rings. The maximum absolute atomic E-state index is 13.9. The average molecular weight is 596 g/mol. The highest BCUT2D eigenvalue weighted by Gasteiger charge is 2.64. The number of nitrogens with zero attached hydrogens (tertiary/aromatic N) is 3. The van der Waals surface area contributed by atoms with E-state index >= 15 is 0 Å². The number of esters is 2. The number of ether oxygens (including phenoxy) is 2. The molecule has 8 N–H and O–H groups in total. The van der Waals surface area contributed by atoms with Crippen molar-refractivity contribution in [3.63, 3.8) is 0 Å². The number of benzene rings is 1. The van der Waals surface area contributed by atoms with E-state index in [9.17, 15) is 34.4 Å². The van der Waals surface area contributed by atoms with Gasteiger partial charge in [-0.1, -0.05) is 26.0 Å². The van der Waals surface area contributed by atoms with E-state index in [0.717, 1.165) is 7.11 Å². The SMILES string of the molecule is COC(=O)[C@@](Cc1ccc(O)cc1)(C(=O)OC(C)(C)C)N(C(=O)[C@@H](NC(=O)[C@@H](N)CCCN=C(N)N)C(C)C)[N+](=O)[O-]. The molecule has 0 spiro atoms. The maximum atomic E-state index is 13.9. The molecule has 0 aliphatic carbocycles. The topological polar surface area (TPSA) is 256 Å². The fraction of sp³-hybridized carbons (Fsp3) is 0.577. The van der Waals surface area contributed by atoms with Gasteiger partial charge < -0.3 is 37.1 Å². The number of aromatic hydroxyl groups is 1. The smallest absolute Gasteiger partial charge is 0.351 e. The number of guanidine groups is 1. The molecule has 1 aromatic carbocycles. The molecule has 3 atom stereocenters. The number of hydrogen-bond donors (Lipinski definition) is 5. The molecule has 2 amide bonds. The Hall–Kier alpha value is -4.47. The van der Waals surface area contributed by atoms with Crippen LogP contribution >= 0.6 is 0 Å². The molecule has 0 bridgehead atoms. The molecule has 0 heterocycles. The van der Waals surface area contributed by atoms with Crippen LogP contribution in [0.15, 0.2) is 29.3 Å². The third-order valence-corrected chi connectivity index (χ3v) is 5.92. The van der Waals surface area contributed by atoms with Crippen LogP contribution in [0.2, 0.25) is 0 Å². The van der Waals surface area contributed by atoms with Crippen LogP contribution in [-0.4, -0.2) is 81.7 Å². The van der Waals surface area contributed by atoms with Gasteiger partial charge in [-0.05, 0) is 62.2 Å². The highest BCUT2D eigenvalue weighted by molar-refractivity contribution is 6.08. The van der Waals surface area contributed by atoms with Gasteiger partial charge in [-0.2, -0.15) is 0 Å². The summed E-state index contributed by atoms with van der Waals surface area (Å²) in [5, 5.41) is 23.3. The van der Waals surface area contributed by atoms with Gasteiger partial charge in [-0.3, -0.25) is 14.6 Å². The first-order valence-corrected chi connectivity index (χ1v) is 13.1. The number of carbonyl (C=O) groups excluding carboxylic acids is 4. The Morgan fingerprint density at radius 3 is 2.14 bits per heavy atom. The predicted octanol–water partition coefficient (Wildman–Crippen LogP) is -0.270. The Kier molecular flexibility index (Phi) is 12.7. The molecule has 0 saturated heterocycles. The fourth-order valence-electron chi connectivity index (χ4n) is 3.88. The normalized spacial score (nSPS) is 14.1. The number of hydrazine groups is 1. The molecule has 1 rings (SSSR count). The first kappa shape index (κ1) is 35.6. The summed E-state index contributed by atoms with van der Waals surface area (Å²) in [4.78, 5) is 70.3. The first-order valence-electron chi connectivity index (χ1n) is 13.1. The summed E-state index contributed by atoms with van der Waals surface area (Å²) in [6, 6.07) is 2.35. The quantitative estimate of drug-likeness (QED) is 0.0354.